The molecule has 0 aliphatic heterocycles. The van der Waals surface area contributed by atoms with E-state index < -0.39 is 0 Å². The van der Waals surface area contributed by atoms with Gasteiger partial charge in [-0.3, -0.25) is 0 Å². The maximum absolute atomic E-state index is 13.8. The van der Waals surface area contributed by atoms with Crippen molar-refractivity contribution in [2.24, 2.45) is 0 Å². The fourth-order valence-electron chi connectivity index (χ4n) is 1.93. The predicted octanol–water partition coefficient (Wildman–Crippen LogP) is 4.33. The second-order valence-electron chi connectivity index (χ2n) is 4.23. The molecule has 1 N–H and O–H groups in total. The average molecular weight is 261 g/mol. The van der Waals surface area contributed by atoms with Crippen LogP contribution in [0.5, 0.6) is 0 Å². The molecule has 0 atom stereocenters. The molecule has 0 bridgehead atoms. The van der Waals surface area contributed by atoms with Gasteiger partial charge in [0.1, 0.15) is 11.6 Å². The first-order valence-corrected chi connectivity index (χ1v) is 5.93. The number of aromatic nitrogens is 2. The lowest BCUT2D eigenvalue weighted by Crippen LogP contribution is -1.87. The smallest absolute Gasteiger partial charge is 0.141 e. The molecule has 1 aromatic heterocycles. The van der Waals surface area contributed by atoms with E-state index in [1.54, 1.807) is 24.3 Å². The maximum Gasteiger partial charge on any atom is 0.141 e. The molecule has 0 radical (unpaired) electrons. The molecule has 18 heavy (non-hydrogen) atoms. The number of rotatable bonds is 1. The minimum atomic E-state index is -0.286. The Morgan fingerprint density at radius 1 is 1.17 bits per heavy atom. The van der Waals surface area contributed by atoms with E-state index in [1.807, 2.05) is 13.0 Å². The molecule has 90 valence electrons. The molecule has 4 heteroatoms. The van der Waals surface area contributed by atoms with Crippen LogP contribution in [0.15, 0.2) is 36.4 Å². The summed E-state index contributed by atoms with van der Waals surface area (Å²) >= 11 is 5.91. The average Bonchev–Trinajstić information content (AvgIpc) is 2.74. The molecule has 2 nitrogen and oxygen atoms in total. The van der Waals surface area contributed by atoms with Crippen molar-refractivity contribution in [1.82, 2.24) is 9.97 Å². The number of aromatic amines is 1. The number of halogens is 2. The number of nitrogens with one attached hydrogen (secondary N) is 1. The van der Waals surface area contributed by atoms with Crippen molar-refractivity contribution in [3.63, 3.8) is 0 Å². The van der Waals surface area contributed by atoms with Gasteiger partial charge in [-0.05, 0) is 37.3 Å². The Kier molecular flexibility index (Phi) is 2.56. The number of hydrogen-bond acceptors (Lipinski definition) is 1. The van der Waals surface area contributed by atoms with E-state index >= 15 is 0 Å². The Labute approximate surface area is 108 Å². The van der Waals surface area contributed by atoms with Gasteiger partial charge in [0.2, 0.25) is 0 Å². The van der Waals surface area contributed by atoms with Crippen LogP contribution in [0, 0.1) is 12.7 Å². The zero-order valence-corrected chi connectivity index (χ0v) is 10.4. The first-order chi connectivity index (χ1) is 8.63. The Morgan fingerprint density at radius 3 is 2.83 bits per heavy atom. The molecule has 0 fully saturated rings. The first kappa shape index (κ1) is 11.2. The van der Waals surface area contributed by atoms with E-state index in [9.17, 15) is 4.39 Å². The van der Waals surface area contributed by atoms with Crippen LogP contribution in [0.4, 0.5) is 4.39 Å². The van der Waals surface area contributed by atoms with E-state index in [1.165, 1.54) is 6.07 Å². The lowest BCUT2D eigenvalue weighted by molar-refractivity contribution is 0.630. The molecule has 0 unspecified atom stereocenters. The maximum atomic E-state index is 13.8. The monoisotopic (exact) mass is 260 g/mol. The summed E-state index contributed by atoms with van der Waals surface area (Å²) in [5.41, 5.74) is 3.04. The summed E-state index contributed by atoms with van der Waals surface area (Å²) in [4.78, 5) is 7.46. The van der Waals surface area contributed by atoms with Crippen LogP contribution >= 0.6 is 11.6 Å². The topological polar surface area (TPSA) is 28.7 Å². The van der Waals surface area contributed by atoms with Gasteiger partial charge in [-0.2, -0.15) is 0 Å². The number of fused-ring (bicyclic) bond motifs is 1. The minimum Gasteiger partial charge on any atom is -0.338 e. The van der Waals surface area contributed by atoms with Gasteiger partial charge in [-0.25, -0.2) is 9.37 Å². The number of imidazole rings is 1. The zero-order valence-electron chi connectivity index (χ0n) is 9.67. The van der Waals surface area contributed by atoms with Gasteiger partial charge in [-0.15, -0.1) is 0 Å². The van der Waals surface area contributed by atoms with Crippen molar-refractivity contribution in [1.29, 1.82) is 0 Å². The van der Waals surface area contributed by atoms with Crippen molar-refractivity contribution in [2.75, 3.05) is 0 Å². The van der Waals surface area contributed by atoms with E-state index in [-0.39, 0.29) is 5.82 Å². The van der Waals surface area contributed by atoms with Crippen molar-refractivity contribution < 1.29 is 4.39 Å². The van der Waals surface area contributed by atoms with Crippen LogP contribution in [0.2, 0.25) is 5.02 Å². The highest BCUT2D eigenvalue weighted by atomic mass is 35.5. The largest absolute Gasteiger partial charge is 0.338 e. The van der Waals surface area contributed by atoms with Gasteiger partial charge in [0.05, 0.1) is 16.6 Å². The van der Waals surface area contributed by atoms with Crippen LogP contribution < -0.4 is 0 Å². The predicted molar refractivity (Wildman–Crippen MR) is 71.2 cm³/mol. The SMILES string of the molecule is Cc1ccc(F)c(-c2nc3ccc(Cl)cc3[nH]2)c1. The summed E-state index contributed by atoms with van der Waals surface area (Å²) in [7, 11) is 0. The van der Waals surface area contributed by atoms with Crippen molar-refractivity contribution in [2.45, 2.75) is 6.92 Å². The van der Waals surface area contributed by atoms with Gasteiger partial charge in [0.25, 0.3) is 0 Å². The lowest BCUT2D eigenvalue weighted by Gasteiger charge is -2.00. The summed E-state index contributed by atoms with van der Waals surface area (Å²) in [6, 6.07) is 10.3. The Morgan fingerprint density at radius 2 is 2.00 bits per heavy atom. The molecule has 0 amide bonds. The van der Waals surface area contributed by atoms with Gasteiger partial charge in [-0.1, -0.05) is 23.2 Å². The summed E-state index contributed by atoms with van der Waals surface area (Å²) < 4.78 is 13.8. The Bertz CT molecular complexity index is 734. The molecule has 1 heterocycles. The molecule has 0 spiro atoms. The van der Waals surface area contributed by atoms with Crippen LogP contribution in [0.1, 0.15) is 5.56 Å². The second kappa shape index (κ2) is 4.10. The van der Waals surface area contributed by atoms with Crippen LogP contribution in [-0.4, -0.2) is 9.97 Å². The van der Waals surface area contributed by atoms with E-state index in [0.717, 1.165) is 16.6 Å². The molecule has 2 aromatic carbocycles. The number of aryl methyl sites for hydroxylation is 1. The van der Waals surface area contributed by atoms with Crippen molar-refractivity contribution in [3.05, 3.63) is 52.8 Å². The molecular formula is C14H10ClFN2. The lowest BCUT2D eigenvalue weighted by atomic mass is 10.1. The number of nitrogens with zero attached hydrogens (tertiary/aromatic N) is 1. The minimum absolute atomic E-state index is 0.286. The molecule has 3 rings (SSSR count). The zero-order chi connectivity index (χ0) is 12.7. The molecule has 0 aliphatic carbocycles. The first-order valence-electron chi connectivity index (χ1n) is 5.55. The number of H-pyrrole nitrogens is 1. The summed E-state index contributed by atoms with van der Waals surface area (Å²) in [5.74, 6) is 0.235. The van der Waals surface area contributed by atoms with E-state index in [2.05, 4.69) is 9.97 Å². The Balaban J connectivity index is 2.22. The van der Waals surface area contributed by atoms with Crippen LogP contribution in [0.25, 0.3) is 22.4 Å². The number of benzene rings is 2. The summed E-state index contributed by atoms with van der Waals surface area (Å²) in [5, 5.41) is 0.627. The van der Waals surface area contributed by atoms with Crippen molar-refractivity contribution in [3.8, 4) is 11.4 Å². The van der Waals surface area contributed by atoms with Gasteiger partial charge >= 0.3 is 0 Å². The highest BCUT2D eigenvalue weighted by Crippen LogP contribution is 2.25. The highest BCUT2D eigenvalue weighted by molar-refractivity contribution is 6.31. The normalized spacial score (nSPS) is 11.1. The van der Waals surface area contributed by atoms with E-state index in [0.29, 0.717) is 16.4 Å². The van der Waals surface area contributed by atoms with Crippen molar-refractivity contribution >= 4 is 22.6 Å². The fraction of sp³-hybridized carbons (Fsp3) is 0.0714. The summed E-state index contributed by atoms with van der Waals surface area (Å²) in [6.45, 7) is 1.92. The molecule has 3 aromatic rings. The van der Waals surface area contributed by atoms with Crippen LogP contribution in [-0.2, 0) is 0 Å². The third-order valence-corrected chi connectivity index (χ3v) is 3.06. The number of hydrogen-bond donors (Lipinski definition) is 1. The fourth-order valence-corrected chi connectivity index (χ4v) is 2.10. The summed E-state index contributed by atoms with van der Waals surface area (Å²) in [6.07, 6.45) is 0. The Hall–Kier alpha value is -1.87. The second-order valence-corrected chi connectivity index (χ2v) is 4.67. The quantitative estimate of drug-likeness (QED) is 0.693. The van der Waals surface area contributed by atoms with Gasteiger partial charge in [0, 0.05) is 5.02 Å². The third kappa shape index (κ3) is 1.87. The van der Waals surface area contributed by atoms with Crippen LogP contribution in [0.3, 0.4) is 0 Å². The molecule has 0 saturated carbocycles. The standard InChI is InChI=1S/C14H10ClFN2/c1-8-2-4-11(16)10(6-8)14-17-12-5-3-9(15)7-13(12)18-14/h2-7H,1H3,(H,17,18). The highest BCUT2D eigenvalue weighted by Gasteiger charge is 2.10. The van der Waals surface area contributed by atoms with Gasteiger partial charge in [0.15, 0.2) is 0 Å². The third-order valence-electron chi connectivity index (χ3n) is 2.82. The molecular weight excluding hydrogens is 251 g/mol. The molecule has 0 saturated heterocycles. The van der Waals surface area contributed by atoms with E-state index in [4.69, 9.17) is 11.6 Å². The van der Waals surface area contributed by atoms with Gasteiger partial charge < -0.3 is 4.98 Å². The molecule has 0 aliphatic rings.